The maximum absolute atomic E-state index is 12.5. The molecule has 23 heavy (non-hydrogen) atoms. The number of nitrogens with two attached hydrogens (primary N) is 1. The van der Waals surface area contributed by atoms with Gasteiger partial charge in [0.05, 0.1) is 10.9 Å². The molecule has 0 spiro atoms. The smallest absolute Gasteiger partial charge is 0.322 e. The predicted octanol–water partition coefficient (Wildman–Crippen LogP) is 1.74. The summed E-state index contributed by atoms with van der Waals surface area (Å²) in [7, 11) is -3.73. The van der Waals surface area contributed by atoms with E-state index in [1.54, 1.807) is 4.90 Å². The van der Waals surface area contributed by atoms with Gasteiger partial charge in [-0.25, -0.2) is 18.4 Å². The lowest BCUT2D eigenvalue weighted by Gasteiger charge is -2.34. The third-order valence-electron chi connectivity index (χ3n) is 4.04. The van der Waals surface area contributed by atoms with Gasteiger partial charge in [0, 0.05) is 30.7 Å². The van der Waals surface area contributed by atoms with Crippen LogP contribution in [0.25, 0.3) is 0 Å². The molecular weight excluding hydrogens is 316 g/mol. The Balaban J connectivity index is 1.73. The van der Waals surface area contributed by atoms with Crippen LogP contribution in [0.2, 0.25) is 0 Å². The topological polar surface area (TPSA) is 97.4 Å². The molecule has 3 rings (SSSR count). The molecule has 2 amide bonds. The second-order valence-corrected chi connectivity index (χ2v) is 7.06. The molecule has 1 aromatic carbocycles. The zero-order chi connectivity index (χ0) is 16.6. The number of nitrogens with zero attached hydrogens (tertiary/aromatic N) is 2. The first-order valence-electron chi connectivity index (χ1n) is 7.22. The number of benzene rings is 1. The summed E-state index contributed by atoms with van der Waals surface area (Å²) in [5.41, 5.74) is 1.62. The molecular formula is C15H18N4O3S. The molecule has 8 heteroatoms. The van der Waals surface area contributed by atoms with Crippen LogP contribution < -0.4 is 10.5 Å². The molecule has 0 fully saturated rings. The molecule has 1 unspecified atom stereocenters. The molecule has 0 saturated carbocycles. The van der Waals surface area contributed by atoms with E-state index in [0.29, 0.717) is 12.2 Å². The van der Waals surface area contributed by atoms with E-state index in [1.807, 2.05) is 25.3 Å². The molecule has 3 N–H and O–H groups in total. The summed E-state index contributed by atoms with van der Waals surface area (Å²) in [5.74, 6) is 0. The van der Waals surface area contributed by atoms with E-state index in [-0.39, 0.29) is 17.0 Å². The Hall–Kier alpha value is -2.32. The summed E-state index contributed by atoms with van der Waals surface area (Å²) in [4.78, 5) is 14.2. The van der Waals surface area contributed by atoms with E-state index < -0.39 is 10.0 Å². The quantitative estimate of drug-likeness (QED) is 0.875. The van der Waals surface area contributed by atoms with Gasteiger partial charge in [-0.15, -0.1) is 0 Å². The van der Waals surface area contributed by atoms with Crippen molar-refractivity contribution in [3.63, 3.8) is 0 Å². The first-order valence-corrected chi connectivity index (χ1v) is 8.76. The molecule has 1 aromatic heterocycles. The normalized spacial score (nSPS) is 17.7. The minimum Gasteiger partial charge on any atom is -0.348 e. The summed E-state index contributed by atoms with van der Waals surface area (Å²) >= 11 is 0. The molecule has 0 radical (unpaired) electrons. The van der Waals surface area contributed by atoms with Crippen LogP contribution in [0.1, 0.15) is 18.7 Å². The zero-order valence-electron chi connectivity index (χ0n) is 12.6. The standard InChI is InChI=1S/C15H18N4O3S/c1-11-14-3-2-8-18(14)9-10-19(11)15(20)17-12-4-6-13(7-5-12)23(16,21)22/h2-8,11H,9-10H2,1H3,(H,17,20)(H2,16,21,22). The van der Waals surface area contributed by atoms with Crippen molar-refractivity contribution in [1.29, 1.82) is 0 Å². The number of hydrogen-bond donors (Lipinski definition) is 2. The summed E-state index contributed by atoms with van der Waals surface area (Å²) in [6.07, 6.45) is 2.01. The van der Waals surface area contributed by atoms with Crippen molar-refractivity contribution in [3.05, 3.63) is 48.3 Å². The van der Waals surface area contributed by atoms with Crippen molar-refractivity contribution in [2.45, 2.75) is 24.4 Å². The number of rotatable bonds is 2. The van der Waals surface area contributed by atoms with Crippen molar-refractivity contribution in [2.75, 3.05) is 11.9 Å². The Labute approximate surface area is 134 Å². The minimum absolute atomic E-state index is 0.0136. The first kappa shape index (κ1) is 15.6. The second-order valence-electron chi connectivity index (χ2n) is 5.50. The number of anilines is 1. The zero-order valence-corrected chi connectivity index (χ0v) is 13.5. The molecule has 122 valence electrons. The Morgan fingerprint density at radius 1 is 1.22 bits per heavy atom. The number of carbonyl (C=O) groups excluding carboxylic acids is 1. The van der Waals surface area contributed by atoms with E-state index in [2.05, 4.69) is 9.88 Å². The Morgan fingerprint density at radius 3 is 2.57 bits per heavy atom. The Bertz CT molecular complexity index is 827. The molecule has 0 saturated heterocycles. The molecule has 7 nitrogen and oxygen atoms in total. The third kappa shape index (κ3) is 3.08. The van der Waals surface area contributed by atoms with Gasteiger partial charge in [0.2, 0.25) is 10.0 Å². The fourth-order valence-corrected chi connectivity index (χ4v) is 3.30. The van der Waals surface area contributed by atoms with Crippen LogP contribution in [0.5, 0.6) is 0 Å². The maximum Gasteiger partial charge on any atom is 0.322 e. The van der Waals surface area contributed by atoms with Crippen LogP contribution in [-0.2, 0) is 16.6 Å². The highest BCUT2D eigenvalue weighted by atomic mass is 32.2. The number of primary sulfonamides is 1. The fraction of sp³-hybridized carbons (Fsp3) is 0.267. The van der Waals surface area contributed by atoms with Crippen LogP contribution in [0.4, 0.5) is 10.5 Å². The highest BCUT2D eigenvalue weighted by molar-refractivity contribution is 7.89. The molecule has 2 heterocycles. The molecule has 1 aliphatic rings. The van der Waals surface area contributed by atoms with Crippen molar-refractivity contribution in [3.8, 4) is 0 Å². The number of aromatic nitrogens is 1. The van der Waals surface area contributed by atoms with E-state index in [4.69, 9.17) is 5.14 Å². The summed E-state index contributed by atoms with van der Waals surface area (Å²) in [6, 6.07) is 9.52. The number of fused-ring (bicyclic) bond motifs is 1. The van der Waals surface area contributed by atoms with Gasteiger partial charge in [-0.1, -0.05) is 0 Å². The van der Waals surface area contributed by atoms with Crippen LogP contribution in [-0.4, -0.2) is 30.5 Å². The van der Waals surface area contributed by atoms with Crippen LogP contribution in [0.3, 0.4) is 0 Å². The summed E-state index contributed by atoms with van der Waals surface area (Å²) in [5, 5.41) is 7.84. The molecule has 0 bridgehead atoms. The Morgan fingerprint density at radius 2 is 1.91 bits per heavy atom. The lowest BCUT2D eigenvalue weighted by Crippen LogP contribution is -2.42. The van der Waals surface area contributed by atoms with Gasteiger partial charge in [0.25, 0.3) is 0 Å². The van der Waals surface area contributed by atoms with Crippen molar-refractivity contribution >= 4 is 21.7 Å². The highest BCUT2D eigenvalue weighted by Gasteiger charge is 2.27. The number of hydrogen-bond acceptors (Lipinski definition) is 3. The number of sulfonamides is 1. The van der Waals surface area contributed by atoms with Gasteiger partial charge in [-0.2, -0.15) is 0 Å². The molecule has 0 aliphatic carbocycles. The van der Waals surface area contributed by atoms with Gasteiger partial charge in [-0.3, -0.25) is 0 Å². The van der Waals surface area contributed by atoms with E-state index >= 15 is 0 Å². The Kier molecular flexibility index (Phi) is 3.87. The van der Waals surface area contributed by atoms with Gasteiger partial charge < -0.3 is 14.8 Å². The molecule has 2 aromatic rings. The minimum atomic E-state index is -3.73. The van der Waals surface area contributed by atoms with Gasteiger partial charge >= 0.3 is 6.03 Å². The average molecular weight is 334 g/mol. The SMILES string of the molecule is CC1c2cccn2CCN1C(=O)Nc1ccc(S(N)(=O)=O)cc1. The largest absolute Gasteiger partial charge is 0.348 e. The lowest BCUT2D eigenvalue weighted by atomic mass is 10.1. The average Bonchev–Trinajstić information content (AvgIpc) is 2.96. The summed E-state index contributed by atoms with van der Waals surface area (Å²) < 4.78 is 24.6. The molecule has 1 atom stereocenters. The number of urea groups is 1. The van der Waals surface area contributed by atoms with Crippen molar-refractivity contribution in [1.82, 2.24) is 9.47 Å². The van der Waals surface area contributed by atoms with E-state index in [1.165, 1.54) is 24.3 Å². The first-order chi connectivity index (χ1) is 10.9. The monoisotopic (exact) mass is 334 g/mol. The summed E-state index contributed by atoms with van der Waals surface area (Å²) in [6.45, 7) is 3.35. The number of nitrogens with one attached hydrogen (secondary N) is 1. The van der Waals surface area contributed by atoms with Gasteiger partial charge in [0.1, 0.15) is 0 Å². The van der Waals surface area contributed by atoms with Gasteiger partial charge in [0.15, 0.2) is 0 Å². The third-order valence-corrected chi connectivity index (χ3v) is 4.97. The maximum atomic E-state index is 12.5. The van der Waals surface area contributed by atoms with Crippen molar-refractivity contribution < 1.29 is 13.2 Å². The van der Waals surface area contributed by atoms with E-state index in [0.717, 1.165) is 12.2 Å². The second kappa shape index (κ2) is 5.71. The molecule has 1 aliphatic heterocycles. The van der Waals surface area contributed by atoms with Crippen LogP contribution in [0.15, 0.2) is 47.5 Å². The van der Waals surface area contributed by atoms with E-state index in [9.17, 15) is 13.2 Å². The predicted molar refractivity (Wildman–Crippen MR) is 86.4 cm³/mol. The lowest BCUT2D eigenvalue weighted by molar-refractivity contribution is 0.175. The van der Waals surface area contributed by atoms with Crippen LogP contribution >= 0.6 is 0 Å². The number of carbonyl (C=O) groups is 1. The van der Waals surface area contributed by atoms with Crippen molar-refractivity contribution in [2.24, 2.45) is 5.14 Å². The fourth-order valence-electron chi connectivity index (χ4n) is 2.78. The van der Waals surface area contributed by atoms with Crippen LogP contribution in [0, 0.1) is 0 Å². The van der Waals surface area contributed by atoms with Gasteiger partial charge in [-0.05, 0) is 43.3 Å². The number of amides is 2. The highest BCUT2D eigenvalue weighted by Crippen LogP contribution is 2.26.